The Bertz CT molecular complexity index is 514. The molecule has 22 heavy (non-hydrogen) atoms. The molecule has 0 saturated heterocycles. The average molecular weight is 306 g/mol. The quantitative estimate of drug-likeness (QED) is 0.811. The predicted octanol–water partition coefficient (Wildman–Crippen LogP) is 2.20. The fraction of sp³-hybridized carbons (Fsp3) is 0.529. The Labute approximate surface area is 132 Å². The van der Waals surface area contributed by atoms with E-state index in [0.29, 0.717) is 30.6 Å². The van der Waals surface area contributed by atoms with Crippen LogP contribution >= 0.6 is 0 Å². The van der Waals surface area contributed by atoms with Gasteiger partial charge in [0.15, 0.2) is 0 Å². The maximum Gasteiger partial charge on any atom is 0.253 e. The molecule has 1 atom stereocenters. The SMILES string of the molecule is CCC(=O)N(C)c1ccccc1C(=O)NCCC(O)C(C)C. The Balaban J connectivity index is 2.75. The average Bonchev–Trinajstić information content (AvgIpc) is 2.52. The Morgan fingerprint density at radius 3 is 2.50 bits per heavy atom. The van der Waals surface area contributed by atoms with Crippen molar-refractivity contribution in [3.63, 3.8) is 0 Å². The van der Waals surface area contributed by atoms with Gasteiger partial charge >= 0.3 is 0 Å². The molecule has 1 unspecified atom stereocenters. The zero-order valence-corrected chi connectivity index (χ0v) is 13.8. The Morgan fingerprint density at radius 1 is 1.27 bits per heavy atom. The van der Waals surface area contributed by atoms with Crippen LogP contribution in [0.15, 0.2) is 24.3 Å². The van der Waals surface area contributed by atoms with Crippen molar-refractivity contribution in [1.82, 2.24) is 5.32 Å². The molecule has 0 aliphatic heterocycles. The number of amides is 2. The highest BCUT2D eigenvalue weighted by atomic mass is 16.3. The topological polar surface area (TPSA) is 69.6 Å². The van der Waals surface area contributed by atoms with Crippen LogP contribution in [0.25, 0.3) is 0 Å². The summed E-state index contributed by atoms with van der Waals surface area (Å²) >= 11 is 0. The van der Waals surface area contributed by atoms with Gasteiger partial charge in [-0.05, 0) is 24.5 Å². The number of hydrogen-bond acceptors (Lipinski definition) is 3. The molecular weight excluding hydrogens is 280 g/mol. The lowest BCUT2D eigenvalue weighted by Crippen LogP contribution is -2.32. The van der Waals surface area contributed by atoms with Gasteiger partial charge in [-0.15, -0.1) is 0 Å². The summed E-state index contributed by atoms with van der Waals surface area (Å²) in [7, 11) is 1.67. The lowest BCUT2D eigenvalue weighted by atomic mass is 10.0. The van der Waals surface area contributed by atoms with Gasteiger partial charge in [-0.2, -0.15) is 0 Å². The molecule has 0 aliphatic rings. The van der Waals surface area contributed by atoms with Crippen molar-refractivity contribution in [3.05, 3.63) is 29.8 Å². The molecule has 2 amide bonds. The monoisotopic (exact) mass is 306 g/mol. The summed E-state index contributed by atoms with van der Waals surface area (Å²) in [5.41, 5.74) is 1.06. The minimum absolute atomic E-state index is 0.0459. The van der Waals surface area contributed by atoms with Crippen LogP contribution in [0.1, 0.15) is 44.0 Å². The Hall–Kier alpha value is -1.88. The Morgan fingerprint density at radius 2 is 1.91 bits per heavy atom. The number of benzene rings is 1. The van der Waals surface area contributed by atoms with Gasteiger partial charge in [0.05, 0.1) is 17.4 Å². The van der Waals surface area contributed by atoms with Gasteiger partial charge in [0.1, 0.15) is 0 Å². The summed E-state index contributed by atoms with van der Waals surface area (Å²) in [5.74, 6) is -0.115. The molecule has 1 aromatic carbocycles. The number of para-hydroxylation sites is 1. The smallest absolute Gasteiger partial charge is 0.253 e. The minimum atomic E-state index is -0.431. The highest BCUT2D eigenvalue weighted by Crippen LogP contribution is 2.20. The maximum atomic E-state index is 12.3. The van der Waals surface area contributed by atoms with Crippen LogP contribution in [0, 0.1) is 5.92 Å². The van der Waals surface area contributed by atoms with Crippen molar-refractivity contribution in [2.24, 2.45) is 5.92 Å². The van der Waals surface area contributed by atoms with E-state index in [1.54, 1.807) is 38.2 Å². The van der Waals surface area contributed by atoms with Crippen molar-refractivity contribution in [2.75, 3.05) is 18.5 Å². The van der Waals surface area contributed by atoms with E-state index in [2.05, 4.69) is 5.32 Å². The molecule has 1 rings (SSSR count). The maximum absolute atomic E-state index is 12.3. The van der Waals surface area contributed by atoms with Gasteiger partial charge in [-0.1, -0.05) is 32.9 Å². The molecule has 122 valence electrons. The number of nitrogens with one attached hydrogen (secondary N) is 1. The highest BCUT2D eigenvalue weighted by Gasteiger charge is 2.17. The van der Waals surface area contributed by atoms with Crippen molar-refractivity contribution in [2.45, 2.75) is 39.7 Å². The first-order valence-electron chi connectivity index (χ1n) is 7.70. The number of aliphatic hydroxyl groups excluding tert-OH is 1. The largest absolute Gasteiger partial charge is 0.393 e. The van der Waals surface area contributed by atoms with Crippen molar-refractivity contribution in [3.8, 4) is 0 Å². The van der Waals surface area contributed by atoms with E-state index in [-0.39, 0.29) is 17.7 Å². The van der Waals surface area contributed by atoms with E-state index in [0.717, 1.165) is 0 Å². The summed E-state index contributed by atoms with van der Waals surface area (Å²) in [4.78, 5) is 25.6. The predicted molar refractivity (Wildman–Crippen MR) is 87.9 cm³/mol. The minimum Gasteiger partial charge on any atom is -0.393 e. The van der Waals surface area contributed by atoms with Crippen LogP contribution in [-0.4, -0.2) is 36.6 Å². The first kappa shape index (κ1) is 18.2. The fourth-order valence-corrected chi connectivity index (χ4v) is 2.09. The lowest BCUT2D eigenvalue weighted by molar-refractivity contribution is -0.118. The molecule has 2 N–H and O–H groups in total. The van der Waals surface area contributed by atoms with E-state index >= 15 is 0 Å². The zero-order valence-electron chi connectivity index (χ0n) is 13.8. The van der Waals surface area contributed by atoms with Gasteiger partial charge in [-0.25, -0.2) is 0 Å². The molecule has 0 heterocycles. The number of carbonyl (C=O) groups is 2. The molecule has 1 aromatic rings. The first-order chi connectivity index (χ1) is 10.4. The fourth-order valence-electron chi connectivity index (χ4n) is 2.09. The van der Waals surface area contributed by atoms with Crippen molar-refractivity contribution >= 4 is 17.5 Å². The van der Waals surface area contributed by atoms with E-state index in [4.69, 9.17) is 0 Å². The number of anilines is 1. The van der Waals surface area contributed by atoms with E-state index in [1.807, 2.05) is 13.8 Å². The van der Waals surface area contributed by atoms with Crippen molar-refractivity contribution in [1.29, 1.82) is 0 Å². The standard InChI is InChI=1S/C17H26N2O3/c1-5-16(21)19(4)14-9-7-6-8-13(14)17(22)18-11-10-15(20)12(2)3/h6-9,12,15,20H,5,10-11H2,1-4H3,(H,18,22). The molecule has 0 saturated carbocycles. The molecule has 0 spiro atoms. The van der Waals surface area contributed by atoms with Gasteiger partial charge < -0.3 is 15.3 Å². The molecule has 0 radical (unpaired) electrons. The molecule has 0 aliphatic carbocycles. The third-order valence-electron chi connectivity index (χ3n) is 3.68. The summed E-state index contributed by atoms with van der Waals surface area (Å²) in [6.45, 7) is 6.06. The van der Waals surface area contributed by atoms with Crippen LogP contribution in [0.4, 0.5) is 5.69 Å². The molecule has 0 fully saturated rings. The number of nitrogens with zero attached hydrogens (tertiary/aromatic N) is 1. The number of rotatable bonds is 7. The lowest BCUT2D eigenvalue weighted by Gasteiger charge is -2.20. The van der Waals surface area contributed by atoms with Gasteiger partial charge in [0.2, 0.25) is 5.91 Å². The van der Waals surface area contributed by atoms with E-state index in [1.165, 1.54) is 4.90 Å². The molecule has 5 nitrogen and oxygen atoms in total. The summed E-state index contributed by atoms with van der Waals surface area (Å²) in [6, 6.07) is 7.02. The highest BCUT2D eigenvalue weighted by molar-refractivity contribution is 6.04. The number of hydrogen-bond donors (Lipinski definition) is 2. The van der Waals surface area contributed by atoms with Crippen molar-refractivity contribution < 1.29 is 14.7 Å². The summed E-state index contributed by atoms with van der Waals surface area (Å²) in [5, 5.41) is 12.6. The second kappa shape index (κ2) is 8.54. The van der Waals surface area contributed by atoms with Crippen LogP contribution in [-0.2, 0) is 4.79 Å². The normalized spacial score (nSPS) is 12.1. The second-order valence-electron chi connectivity index (χ2n) is 5.68. The molecule has 0 aromatic heterocycles. The van der Waals surface area contributed by atoms with E-state index < -0.39 is 6.10 Å². The molecule has 0 bridgehead atoms. The van der Waals surface area contributed by atoms with E-state index in [9.17, 15) is 14.7 Å². The molecular formula is C17H26N2O3. The van der Waals surface area contributed by atoms with Crippen LogP contribution in [0.5, 0.6) is 0 Å². The Kier molecular flexibility index (Phi) is 7.05. The van der Waals surface area contributed by atoms with Gasteiger partial charge in [0.25, 0.3) is 5.91 Å². The third kappa shape index (κ3) is 4.84. The zero-order chi connectivity index (χ0) is 16.7. The van der Waals surface area contributed by atoms with Crippen LogP contribution in [0.3, 0.4) is 0 Å². The van der Waals surface area contributed by atoms with Crippen LogP contribution in [0.2, 0.25) is 0 Å². The molecule has 5 heteroatoms. The number of aliphatic hydroxyl groups is 1. The second-order valence-corrected chi connectivity index (χ2v) is 5.68. The third-order valence-corrected chi connectivity index (χ3v) is 3.68. The van der Waals surface area contributed by atoms with Gasteiger partial charge in [-0.3, -0.25) is 9.59 Å². The first-order valence-corrected chi connectivity index (χ1v) is 7.70. The number of carbonyl (C=O) groups excluding carboxylic acids is 2. The van der Waals surface area contributed by atoms with Gasteiger partial charge in [0, 0.05) is 20.0 Å². The summed E-state index contributed by atoms with van der Waals surface area (Å²) < 4.78 is 0. The summed E-state index contributed by atoms with van der Waals surface area (Å²) in [6.07, 6.45) is 0.461. The van der Waals surface area contributed by atoms with Crippen LogP contribution < -0.4 is 10.2 Å².